The fraction of sp³-hybridized carbons (Fsp3) is 0.267. The van der Waals surface area contributed by atoms with E-state index in [1.807, 2.05) is 36.3 Å². The van der Waals surface area contributed by atoms with Gasteiger partial charge in [-0.3, -0.25) is 4.79 Å². The van der Waals surface area contributed by atoms with Gasteiger partial charge in [0.1, 0.15) is 0 Å². The fourth-order valence-corrected chi connectivity index (χ4v) is 3.38. The van der Waals surface area contributed by atoms with Crippen LogP contribution in [0.15, 0.2) is 23.6 Å². The number of thiophene rings is 1. The van der Waals surface area contributed by atoms with E-state index < -0.39 is 0 Å². The third-order valence-corrected chi connectivity index (χ3v) is 4.67. The maximum atomic E-state index is 12.6. The van der Waals surface area contributed by atoms with Crippen LogP contribution in [-0.4, -0.2) is 12.5 Å². The molecular weight excluding hydrogens is 256 g/mol. The van der Waals surface area contributed by atoms with Crippen molar-refractivity contribution in [2.45, 2.75) is 20.3 Å². The number of aryl methyl sites for hydroxylation is 2. The zero-order chi connectivity index (χ0) is 13.6. The van der Waals surface area contributed by atoms with Crippen LogP contribution in [0.1, 0.15) is 26.4 Å². The van der Waals surface area contributed by atoms with Crippen molar-refractivity contribution in [3.63, 3.8) is 0 Å². The van der Waals surface area contributed by atoms with Gasteiger partial charge in [-0.05, 0) is 54.5 Å². The van der Waals surface area contributed by atoms with E-state index in [9.17, 15) is 4.79 Å². The van der Waals surface area contributed by atoms with E-state index in [1.165, 1.54) is 16.9 Å². The molecule has 1 amide bonds. The molecule has 3 rings (SSSR count). The normalized spacial score (nSPS) is 13.7. The molecule has 0 unspecified atom stereocenters. The number of nitrogens with two attached hydrogens (primary N) is 1. The number of amides is 1. The van der Waals surface area contributed by atoms with Crippen LogP contribution in [0.25, 0.3) is 0 Å². The number of nitrogens with zero attached hydrogens (tertiary/aromatic N) is 1. The van der Waals surface area contributed by atoms with E-state index >= 15 is 0 Å². The average Bonchev–Trinajstić information content (AvgIpc) is 2.96. The van der Waals surface area contributed by atoms with Crippen molar-refractivity contribution in [3.05, 3.63) is 45.1 Å². The monoisotopic (exact) mass is 272 g/mol. The topological polar surface area (TPSA) is 46.3 Å². The lowest BCUT2D eigenvalue weighted by molar-refractivity contribution is 0.0993. The Labute approximate surface area is 116 Å². The summed E-state index contributed by atoms with van der Waals surface area (Å²) in [4.78, 5) is 15.3. The number of nitrogen functional groups attached to an aromatic ring is 1. The van der Waals surface area contributed by atoms with Gasteiger partial charge < -0.3 is 10.6 Å². The van der Waals surface area contributed by atoms with Crippen molar-refractivity contribution in [3.8, 4) is 0 Å². The zero-order valence-electron chi connectivity index (χ0n) is 11.1. The van der Waals surface area contributed by atoms with Crippen molar-refractivity contribution < 1.29 is 4.79 Å². The lowest BCUT2D eigenvalue weighted by Crippen LogP contribution is -2.28. The van der Waals surface area contributed by atoms with Gasteiger partial charge in [0.15, 0.2) is 0 Å². The van der Waals surface area contributed by atoms with Gasteiger partial charge in [-0.1, -0.05) is 6.07 Å². The second-order valence-electron chi connectivity index (χ2n) is 4.98. The maximum Gasteiger partial charge on any atom is 0.268 e. The molecule has 2 heterocycles. The first-order valence-electron chi connectivity index (χ1n) is 6.33. The molecule has 0 radical (unpaired) electrons. The Hall–Kier alpha value is -1.81. The predicted octanol–water partition coefficient (Wildman–Crippen LogP) is 3.15. The van der Waals surface area contributed by atoms with Crippen LogP contribution in [0, 0.1) is 13.8 Å². The molecule has 1 aromatic carbocycles. The van der Waals surface area contributed by atoms with Crippen LogP contribution in [0.3, 0.4) is 0 Å². The van der Waals surface area contributed by atoms with Gasteiger partial charge in [-0.15, -0.1) is 11.3 Å². The Morgan fingerprint density at radius 3 is 2.79 bits per heavy atom. The lowest BCUT2D eigenvalue weighted by Gasteiger charge is -2.18. The molecule has 0 aliphatic carbocycles. The largest absolute Gasteiger partial charge is 0.398 e. The Balaban J connectivity index is 2.01. The molecule has 0 spiro atoms. The first kappa shape index (κ1) is 12.2. The number of rotatable bonds is 1. The summed E-state index contributed by atoms with van der Waals surface area (Å²) >= 11 is 1.50. The van der Waals surface area contributed by atoms with Gasteiger partial charge >= 0.3 is 0 Å². The standard InChI is InChI=1S/C15H16N2OS/c1-9-4-6-19-14(9)15(18)17-5-3-11-7-10(2)12(16)8-13(11)17/h4,6-8H,3,5,16H2,1-2H3. The number of fused-ring (bicyclic) bond motifs is 1. The van der Waals surface area contributed by atoms with E-state index in [-0.39, 0.29) is 5.91 Å². The van der Waals surface area contributed by atoms with Crippen molar-refractivity contribution in [1.82, 2.24) is 0 Å². The summed E-state index contributed by atoms with van der Waals surface area (Å²) in [5.41, 5.74) is 11.0. The van der Waals surface area contributed by atoms with E-state index in [0.29, 0.717) is 0 Å². The van der Waals surface area contributed by atoms with Gasteiger partial charge in [0, 0.05) is 17.9 Å². The van der Waals surface area contributed by atoms with Crippen LogP contribution in [0.5, 0.6) is 0 Å². The summed E-state index contributed by atoms with van der Waals surface area (Å²) in [6, 6.07) is 6.01. The lowest BCUT2D eigenvalue weighted by atomic mass is 10.1. The van der Waals surface area contributed by atoms with Crippen LogP contribution in [0.2, 0.25) is 0 Å². The maximum absolute atomic E-state index is 12.6. The Morgan fingerprint density at radius 1 is 1.32 bits per heavy atom. The van der Waals surface area contributed by atoms with Crippen LogP contribution < -0.4 is 10.6 Å². The van der Waals surface area contributed by atoms with Gasteiger partial charge in [-0.2, -0.15) is 0 Å². The second kappa shape index (κ2) is 4.38. The highest BCUT2D eigenvalue weighted by Gasteiger charge is 2.27. The molecule has 0 saturated heterocycles. The molecule has 1 aliphatic heterocycles. The third-order valence-electron chi connectivity index (χ3n) is 3.66. The smallest absolute Gasteiger partial charge is 0.268 e. The summed E-state index contributed by atoms with van der Waals surface area (Å²) in [6.07, 6.45) is 0.909. The summed E-state index contributed by atoms with van der Waals surface area (Å²) in [7, 11) is 0. The van der Waals surface area contributed by atoms with Crippen molar-refractivity contribution in [2.24, 2.45) is 0 Å². The first-order chi connectivity index (χ1) is 9.08. The van der Waals surface area contributed by atoms with E-state index in [2.05, 4.69) is 6.07 Å². The molecule has 0 atom stereocenters. The van der Waals surface area contributed by atoms with Gasteiger partial charge in [0.25, 0.3) is 5.91 Å². The Morgan fingerprint density at radius 2 is 2.11 bits per heavy atom. The third kappa shape index (κ3) is 1.92. The highest BCUT2D eigenvalue weighted by molar-refractivity contribution is 7.12. The minimum atomic E-state index is 0.0921. The molecule has 0 saturated carbocycles. The van der Waals surface area contributed by atoms with Gasteiger partial charge in [0.05, 0.1) is 4.88 Å². The minimum absolute atomic E-state index is 0.0921. The van der Waals surface area contributed by atoms with E-state index in [0.717, 1.165) is 40.3 Å². The van der Waals surface area contributed by atoms with Crippen molar-refractivity contribution in [2.75, 3.05) is 17.2 Å². The molecule has 1 aliphatic rings. The molecule has 3 nitrogen and oxygen atoms in total. The highest BCUT2D eigenvalue weighted by atomic mass is 32.1. The van der Waals surface area contributed by atoms with Crippen molar-refractivity contribution >= 4 is 28.6 Å². The second-order valence-corrected chi connectivity index (χ2v) is 5.89. The number of hydrogen-bond donors (Lipinski definition) is 1. The Kier molecular flexibility index (Phi) is 2.82. The zero-order valence-corrected chi connectivity index (χ0v) is 11.9. The quantitative estimate of drug-likeness (QED) is 0.811. The fourth-order valence-electron chi connectivity index (χ4n) is 2.50. The van der Waals surface area contributed by atoms with Crippen LogP contribution >= 0.6 is 11.3 Å². The van der Waals surface area contributed by atoms with Crippen molar-refractivity contribution in [1.29, 1.82) is 0 Å². The SMILES string of the molecule is Cc1cc2c(cc1N)N(C(=O)c1sccc1C)CC2. The molecule has 0 bridgehead atoms. The molecule has 2 aromatic rings. The number of hydrogen-bond acceptors (Lipinski definition) is 3. The molecular formula is C15H16N2OS. The molecule has 4 heteroatoms. The van der Waals surface area contributed by atoms with E-state index in [1.54, 1.807) is 0 Å². The molecule has 19 heavy (non-hydrogen) atoms. The number of benzene rings is 1. The van der Waals surface area contributed by atoms with Crippen LogP contribution in [0.4, 0.5) is 11.4 Å². The first-order valence-corrected chi connectivity index (χ1v) is 7.21. The Bertz CT molecular complexity index is 660. The number of carbonyl (C=O) groups is 1. The molecule has 2 N–H and O–H groups in total. The van der Waals surface area contributed by atoms with Crippen LogP contribution in [-0.2, 0) is 6.42 Å². The summed E-state index contributed by atoms with van der Waals surface area (Å²) in [6.45, 7) is 4.72. The van der Waals surface area contributed by atoms with Gasteiger partial charge in [0.2, 0.25) is 0 Å². The molecule has 98 valence electrons. The highest BCUT2D eigenvalue weighted by Crippen LogP contribution is 2.34. The molecule has 1 aromatic heterocycles. The van der Waals surface area contributed by atoms with Gasteiger partial charge in [-0.25, -0.2) is 0 Å². The molecule has 0 fully saturated rings. The average molecular weight is 272 g/mol. The number of carbonyl (C=O) groups excluding carboxylic acids is 1. The summed E-state index contributed by atoms with van der Waals surface area (Å²) in [5.74, 6) is 0.0921. The summed E-state index contributed by atoms with van der Waals surface area (Å²) in [5, 5.41) is 1.96. The number of anilines is 2. The van der Waals surface area contributed by atoms with E-state index in [4.69, 9.17) is 5.73 Å². The summed E-state index contributed by atoms with van der Waals surface area (Å²) < 4.78 is 0. The minimum Gasteiger partial charge on any atom is -0.398 e. The predicted molar refractivity (Wildman–Crippen MR) is 80.0 cm³/mol.